The Bertz CT molecular complexity index is 1300. The largest absolute Gasteiger partial charge is 0.481 e. The van der Waals surface area contributed by atoms with E-state index < -0.39 is 107 Å². The van der Waals surface area contributed by atoms with Gasteiger partial charge in [-0.15, -0.1) is 0 Å². The molecule has 0 unspecified atom stereocenters. The summed E-state index contributed by atoms with van der Waals surface area (Å²) in [5, 5.41) is 8.20. The molecule has 0 spiro atoms. The highest BCUT2D eigenvalue weighted by molar-refractivity contribution is 5.75. The van der Waals surface area contributed by atoms with Crippen LogP contribution in [-0.4, -0.2) is 115 Å². The molecule has 0 aromatic heterocycles. The molecule has 0 radical (unpaired) electrons. The van der Waals surface area contributed by atoms with Gasteiger partial charge in [0.25, 0.3) is 0 Å². The van der Waals surface area contributed by atoms with Crippen molar-refractivity contribution in [3.63, 3.8) is 0 Å². The summed E-state index contributed by atoms with van der Waals surface area (Å²) >= 11 is 0. The van der Waals surface area contributed by atoms with Crippen LogP contribution >= 0.6 is 0 Å². The highest BCUT2D eigenvalue weighted by Gasteiger charge is 2.99. The van der Waals surface area contributed by atoms with E-state index in [-0.39, 0.29) is 8.41 Å². The predicted octanol–water partition coefficient (Wildman–Crippen LogP) is 9.52. The minimum atomic E-state index is -9.94. The molecule has 0 aromatic rings. The number of hydrogen-bond acceptors (Lipinski definition) is 1. The van der Waals surface area contributed by atoms with E-state index in [4.69, 9.17) is 5.11 Å². The van der Waals surface area contributed by atoms with Gasteiger partial charge in [0.2, 0.25) is 0 Å². The standard InChI is InChI=1S/C18H2F34O2.BH3/c19-3(20,5(23,24)7(27,28)9(31,32)11(35,36)13(39,40)15(43,44)17(47,48)49)1(2(53)54)4(21,22)6(25,26)8(29,30)10(33,34)12(37,38)14(41,42)16(45,46)18(50,51)52;/h1H,(H,53,54);1H3. The third-order valence-electron chi connectivity index (χ3n) is 6.46. The average molecular weight is 910 g/mol. The summed E-state index contributed by atoms with van der Waals surface area (Å²) in [6.07, 6.45) is -16.8. The fourth-order valence-electron chi connectivity index (χ4n) is 3.25. The van der Waals surface area contributed by atoms with Gasteiger partial charge in [0.15, 0.2) is 5.92 Å². The van der Waals surface area contributed by atoms with Crippen LogP contribution in [0.15, 0.2) is 0 Å². The van der Waals surface area contributed by atoms with Crippen LogP contribution in [0.5, 0.6) is 0 Å². The van der Waals surface area contributed by atoms with Gasteiger partial charge in [0, 0.05) is 0 Å². The molecule has 0 saturated carbocycles. The number of aliphatic carboxylic acids is 1. The number of carboxylic acid groups (broad SMARTS) is 1. The fourth-order valence-corrected chi connectivity index (χ4v) is 3.25. The summed E-state index contributed by atoms with van der Waals surface area (Å²) in [4.78, 5) is 10.8. The molecule has 0 aliphatic carbocycles. The van der Waals surface area contributed by atoms with Gasteiger partial charge < -0.3 is 5.11 Å². The lowest BCUT2D eigenvalue weighted by Crippen LogP contribution is -2.78. The molecule has 0 amide bonds. The van der Waals surface area contributed by atoms with Gasteiger partial charge in [0.1, 0.15) is 0 Å². The molecule has 0 bridgehead atoms. The van der Waals surface area contributed by atoms with E-state index in [1.54, 1.807) is 0 Å². The van der Waals surface area contributed by atoms with Crippen molar-refractivity contribution in [3.8, 4) is 0 Å². The first-order chi connectivity index (χ1) is 22.6. The van der Waals surface area contributed by atoms with Crippen molar-refractivity contribution in [1.29, 1.82) is 0 Å². The summed E-state index contributed by atoms with van der Waals surface area (Å²) in [5.74, 6) is -148. The Balaban J connectivity index is 0. The third kappa shape index (κ3) is 6.38. The second-order valence-corrected chi connectivity index (χ2v) is 9.91. The monoisotopic (exact) mass is 910 g/mol. The van der Waals surface area contributed by atoms with Crippen molar-refractivity contribution >= 4 is 14.4 Å². The molecule has 37 heteroatoms. The molecule has 0 aromatic carbocycles. The zero-order valence-electron chi connectivity index (χ0n) is 22.8. The topological polar surface area (TPSA) is 37.3 Å². The molecule has 0 saturated heterocycles. The maximum atomic E-state index is 14.2. The molecule has 2 nitrogen and oxygen atoms in total. The maximum absolute atomic E-state index is 14.2. The second kappa shape index (κ2) is 13.1. The minimum absolute atomic E-state index is 0. The SMILES string of the molecule is B.O=C(O)C(C(F)(F)C(F)(F)C(F)(F)C(F)(F)C(F)(F)C(F)(F)C(F)(F)C(F)(F)F)C(F)(F)C(F)(F)C(F)(F)C(F)(F)C(F)(F)C(F)(F)C(F)(F)C(F)(F)F. The van der Waals surface area contributed by atoms with Gasteiger partial charge in [-0.3, -0.25) is 4.79 Å². The van der Waals surface area contributed by atoms with E-state index in [1.165, 1.54) is 0 Å². The number of carboxylic acids is 1. The van der Waals surface area contributed by atoms with Gasteiger partial charge >= 0.3 is 101 Å². The maximum Gasteiger partial charge on any atom is 0.460 e. The van der Waals surface area contributed by atoms with Crippen LogP contribution < -0.4 is 0 Å². The first-order valence-electron chi connectivity index (χ1n) is 11.2. The fraction of sp³-hybridized carbons (Fsp3) is 0.944. The number of halogens is 34. The molecule has 0 aliphatic heterocycles. The highest BCUT2D eigenvalue weighted by atomic mass is 19.4. The summed E-state index contributed by atoms with van der Waals surface area (Å²) in [5.41, 5.74) is 0. The van der Waals surface area contributed by atoms with Crippen LogP contribution in [0, 0.1) is 5.92 Å². The zero-order valence-corrected chi connectivity index (χ0v) is 22.8. The smallest absolute Gasteiger partial charge is 0.460 e. The Labute approximate surface area is 276 Å². The molecule has 0 atom stereocenters. The number of alkyl halides is 34. The van der Waals surface area contributed by atoms with Crippen molar-refractivity contribution in [3.05, 3.63) is 0 Å². The number of hydrogen-bond donors (Lipinski definition) is 1. The molecule has 0 rings (SSSR count). The lowest BCUT2D eigenvalue weighted by atomic mass is 9.78. The van der Waals surface area contributed by atoms with Crippen LogP contribution in [0.25, 0.3) is 0 Å². The lowest BCUT2D eigenvalue weighted by Gasteiger charge is -2.46. The summed E-state index contributed by atoms with van der Waals surface area (Å²) in [6.45, 7) is 0. The molecular formula is C18H5BF34O2. The highest BCUT2D eigenvalue weighted by Crippen LogP contribution is 2.68. The van der Waals surface area contributed by atoms with E-state index in [0.717, 1.165) is 0 Å². The molecular weight excluding hydrogens is 905 g/mol. The minimum Gasteiger partial charge on any atom is -0.481 e. The van der Waals surface area contributed by atoms with E-state index in [1.807, 2.05) is 0 Å². The van der Waals surface area contributed by atoms with Crippen LogP contribution in [0.1, 0.15) is 0 Å². The second-order valence-electron chi connectivity index (χ2n) is 9.91. The van der Waals surface area contributed by atoms with Crippen LogP contribution in [0.3, 0.4) is 0 Å². The zero-order chi connectivity index (χ0) is 45.2. The molecule has 0 aliphatic rings. The Hall–Kier alpha value is -2.85. The Morgan fingerprint density at radius 2 is 0.400 bits per heavy atom. The van der Waals surface area contributed by atoms with Crippen LogP contribution in [0.4, 0.5) is 149 Å². The third-order valence-corrected chi connectivity index (χ3v) is 6.46. The predicted molar refractivity (Wildman–Crippen MR) is 102 cm³/mol. The van der Waals surface area contributed by atoms with Crippen LogP contribution in [-0.2, 0) is 4.79 Å². The van der Waals surface area contributed by atoms with Crippen molar-refractivity contribution in [2.75, 3.05) is 0 Å². The molecule has 1 N–H and O–H groups in total. The van der Waals surface area contributed by atoms with Gasteiger partial charge in [0.05, 0.1) is 8.41 Å². The molecule has 0 fully saturated rings. The first kappa shape index (κ1) is 54.3. The normalized spacial score (nSPS) is 16.7. The van der Waals surface area contributed by atoms with Gasteiger partial charge in [-0.25, -0.2) is 0 Å². The molecule has 0 heterocycles. The van der Waals surface area contributed by atoms with E-state index in [0.29, 0.717) is 0 Å². The first-order valence-corrected chi connectivity index (χ1v) is 11.2. The van der Waals surface area contributed by atoms with Crippen LogP contribution in [0.2, 0.25) is 0 Å². The van der Waals surface area contributed by atoms with Crippen molar-refractivity contribution in [2.45, 2.75) is 95.3 Å². The quantitative estimate of drug-likeness (QED) is 0.131. The summed E-state index contributed by atoms with van der Waals surface area (Å²) in [7, 11) is 0. The van der Waals surface area contributed by atoms with Crippen molar-refractivity contribution in [2.24, 2.45) is 5.92 Å². The van der Waals surface area contributed by atoms with Gasteiger partial charge in [-0.2, -0.15) is 149 Å². The van der Waals surface area contributed by atoms with E-state index >= 15 is 0 Å². The Morgan fingerprint density at radius 3 is 0.527 bits per heavy atom. The Kier molecular flexibility index (Phi) is 12.9. The Morgan fingerprint density at radius 1 is 0.273 bits per heavy atom. The van der Waals surface area contributed by atoms with Gasteiger partial charge in [-0.1, -0.05) is 0 Å². The van der Waals surface area contributed by atoms with Crippen molar-refractivity contribution < 1.29 is 159 Å². The molecule has 55 heavy (non-hydrogen) atoms. The van der Waals surface area contributed by atoms with E-state index in [9.17, 15) is 154 Å². The summed E-state index contributed by atoms with van der Waals surface area (Å²) in [6, 6.07) is 0. The van der Waals surface area contributed by atoms with Gasteiger partial charge in [-0.05, 0) is 0 Å². The average Bonchev–Trinajstić information content (AvgIpc) is 2.89. The lowest BCUT2D eigenvalue weighted by molar-refractivity contribution is -0.473. The molecule has 330 valence electrons. The number of rotatable bonds is 15. The van der Waals surface area contributed by atoms with Crippen molar-refractivity contribution in [1.82, 2.24) is 0 Å². The number of carbonyl (C=O) groups is 1. The summed E-state index contributed by atoms with van der Waals surface area (Å²) < 4.78 is 454. The van der Waals surface area contributed by atoms with E-state index in [2.05, 4.69) is 0 Å².